The van der Waals surface area contributed by atoms with Gasteiger partial charge in [0.05, 0.1) is 14.9 Å². The number of benzene rings is 1. The van der Waals surface area contributed by atoms with Crippen LogP contribution in [0, 0.1) is 0 Å². The van der Waals surface area contributed by atoms with Gasteiger partial charge in [-0.3, -0.25) is 4.98 Å². The Labute approximate surface area is 106 Å². The van der Waals surface area contributed by atoms with Crippen LogP contribution in [0.5, 0.6) is 5.75 Å². The van der Waals surface area contributed by atoms with Crippen LogP contribution in [-0.4, -0.2) is 4.98 Å². The lowest BCUT2D eigenvalue weighted by Gasteiger charge is -2.11. The van der Waals surface area contributed by atoms with Crippen molar-refractivity contribution < 1.29 is 4.74 Å². The Hall–Kier alpha value is -0.910. The fourth-order valence-electron chi connectivity index (χ4n) is 1.33. The van der Waals surface area contributed by atoms with Crippen LogP contribution in [0.25, 0.3) is 0 Å². The number of aromatic nitrogens is 1. The van der Waals surface area contributed by atoms with Gasteiger partial charge in [-0.25, -0.2) is 0 Å². The minimum atomic E-state index is 0.470. The van der Waals surface area contributed by atoms with E-state index < -0.39 is 0 Å². The fourth-order valence-corrected chi connectivity index (χ4v) is 2.36. The lowest BCUT2D eigenvalue weighted by molar-refractivity contribution is 0.304. The summed E-state index contributed by atoms with van der Waals surface area (Å²) in [5.41, 5.74) is 8.45. The minimum absolute atomic E-state index is 0.470. The maximum atomic E-state index is 5.75. The van der Waals surface area contributed by atoms with Crippen LogP contribution in [0.3, 0.4) is 0 Å². The average molecular weight is 299 g/mol. The molecule has 0 aliphatic heterocycles. The number of ether oxygens (including phenoxy) is 1. The van der Waals surface area contributed by atoms with Crippen molar-refractivity contribution in [1.29, 1.82) is 0 Å². The van der Waals surface area contributed by atoms with E-state index in [9.17, 15) is 0 Å². The Morgan fingerprint density at radius 2 is 2.31 bits per heavy atom. The number of hydrogen-bond donors (Lipinski definition) is 1. The SMILES string of the molecule is NCc1cccc(Br)c1OCc1cncs1. The summed E-state index contributed by atoms with van der Waals surface area (Å²) in [6.07, 6.45) is 1.81. The fraction of sp³-hybridized carbons (Fsp3) is 0.182. The Morgan fingerprint density at radius 1 is 1.44 bits per heavy atom. The quantitative estimate of drug-likeness (QED) is 0.944. The van der Waals surface area contributed by atoms with E-state index in [-0.39, 0.29) is 0 Å². The first-order chi connectivity index (χ1) is 7.81. The van der Waals surface area contributed by atoms with Gasteiger partial charge in [0, 0.05) is 18.3 Å². The molecule has 84 valence electrons. The van der Waals surface area contributed by atoms with Crippen molar-refractivity contribution >= 4 is 27.3 Å². The van der Waals surface area contributed by atoms with Gasteiger partial charge in [-0.15, -0.1) is 11.3 Å². The zero-order valence-corrected chi connectivity index (χ0v) is 10.9. The molecule has 0 amide bonds. The zero-order valence-electron chi connectivity index (χ0n) is 8.52. The normalized spacial score (nSPS) is 10.4. The molecule has 0 radical (unpaired) electrons. The van der Waals surface area contributed by atoms with Crippen molar-refractivity contribution in [2.24, 2.45) is 5.73 Å². The first-order valence-electron chi connectivity index (χ1n) is 4.79. The average Bonchev–Trinajstić information content (AvgIpc) is 2.80. The van der Waals surface area contributed by atoms with Crippen LogP contribution in [0.1, 0.15) is 10.4 Å². The number of hydrogen-bond acceptors (Lipinski definition) is 4. The van der Waals surface area contributed by atoms with Gasteiger partial charge >= 0.3 is 0 Å². The standard InChI is InChI=1S/C11H11BrN2OS/c12-10-3-1-2-8(4-13)11(10)15-6-9-5-14-7-16-9/h1-3,5,7H,4,6,13H2. The maximum Gasteiger partial charge on any atom is 0.138 e. The Kier molecular flexibility index (Phi) is 3.93. The summed E-state index contributed by atoms with van der Waals surface area (Å²) >= 11 is 5.04. The highest BCUT2D eigenvalue weighted by molar-refractivity contribution is 9.10. The second kappa shape index (κ2) is 5.43. The van der Waals surface area contributed by atoms with E-state index >= 15 is 0 Å². The highest BCUT2D eigenvalue weighted by Crippen LogP contribution is 2.29. The first kappa shape index (κ1) is 11.6. The van der Waals surface area contributed by atoms with Gasteiger partial charge in [0.1, 0.15) is 12.4 Å². The highest BCUT2D eigenvalue weighted by atomic mass is 79.9. The lowest BCUT2D eigenvalue weighted by Crippen LogP contribution is -2.02. The molecule has 0 bridgehead atoms. The largest absolute Gasteiger partial charge is 0.486 e. The molecule has 2 N–H and O–H groups in total. The molecule has 0 aliphatic rings. The van der Waals surface area contributed by atoms with Gasteiger partial charge in [0.15, 0.2) is 0 Å². The topological polar surface area (TPSA) is 48.1 Å². The molecule has 1 aromatic carbocycles. The molecular weight excluding hydrogens is 288 g/mol. The van der Waals surface area contributed by atoms with Gasteiger partial charge in [-0.1, -0.05) is 12.1 Å². The Morgan fingerprint density at radius 3 is 3.00 bits per heavy atom. The number of para-hydroxylation sites is 1. The number of halogens is 1. The van der Waals surface area contributed by atoms with Crippen LogP contribution in [0.4, 0.5) is 0 Å². The van der Waals surface area contributed by atoms with Gasteiger partial charge in [0.2, 0.25) is 0 Å². The second-order valence-electron chi connectivity index (χ2n) is 3.19. The van der Waals surface area contributed by atoms with E-state index in [1.54, 1.807) is 16.8 Å². The van der Waals surface area contributed by atoms with Crippen molar-refractivity contribution in [1.82, 2.24) is 4.98 Å². The van der Waals surface area contributed by atoms with Crippen LogP contribution in [0.15, 0.2) is 34.4 Å². The third-order valence-corrected chi connectivity index (χ3v) is 3.49. The minimum Gasteiger partial charge on any atom is -0.486 e. The predicted octanol–water partition coefficient (Wildman–Crippen LogP) is 2.94. The van der Waals surface area contributed by atoms with Crippen molar-refractivity contribution in [2.75, 3.05) is 0 Å². The monoisotopic (exact) mass is 298 g/mol. The number of nitrogens with two attached hydrogens (primary N) is 1. The van der Waals surface area contributed by atoms with Crippen molar-refractivity contribution in [3.05, 3.63) is 44.8 Å². The molecule has 0 unspecified atom stereocenters. The predicted molar refractivity (Wildman–Crippen MR) is 68.5 cm³/mol. The van der Waals surface area contributed by atoms with Crippen LogP contribution >= 0.6 is 27.3 Å². The molecule has 0 spiro atoms. The number of thiazole rings is 1. The van der Waals surface area contributed by atoms with Crippen molar-refractivity contribution in [2.45, 2.75) is 13.2 Å². The molecule has 3 nitrogen and oxygen atoms in total. The molecule has 5 heteroatoms. The van der Waals surface area contributed by atoms with Gasteiger partial charge in [0.25, 0.3) is 0 Å². The maximum absolute atomic E-state index is 5.75. The first-order valence-corrected chi connectivity index (χ1v) is 6.46. The summed E-state index contributed by atoms with van der Waals surface area (Å²) in [5, 5.41) is 0. The molecule has 0 saturated heterocycles. The van der Waals surface area contributed by atoms with E-state index in [0.717, 1.165) is 20.7 Å². The molecule has 0 saturated carbocycles. The third-order valence-electron chi connectivity index (χ3n) is 2.11. The van der Waals surface area contributed by atoms with E-state index in [4.69, 9.17) is 10.5 Å². The summed E-state index contributed by atoms with van der Waals surface area (Å²) in [4.78, 5) is 5.10. The van der Waals surface area contributed by atoms with Crippen LogP contribution in [-0.2, 0) is 13.2 Å². The molecule has 0 aliphatic carbocycles. The molecule has 16 heavy (non-hydrogen) atoms. The summed E-state index contributed by atoms with van der Waals surface area (Å²) in [6, 6.07) is 5.86. The van der Waals surface area contributed by atoms with Gasteiger partial charge < -0.3 is 10.5 Å². The van der Waals surface area contributed by atoms with Crippen LogP contribution < -0.4 is 10.5 Å². The van der Waals surface area contributed by atoms with E-state index in [0.29, 0.717) is 13.2 Å². The Bertz CT molecular complexity index is 459. The van der Waals surface area contributed by atoms with E-state index in [1.807, 2.05) is 24.4 Å². The smallest absolute Gasteiger partial charge is 0.138 e. The molecular formula is C11H11BrN2OS. The van der Waals surface area contributed by atoms with Crippen molar-refractivity contribution in [3.8, 4) is 5.75 Å². The lowest BCUT2D eigenvalue weighted by atomic mass is 10.2. The van der Waals surface area contributed by atoms with Gasteiger partial charge in [-0.05, 0) is 22.0 Å². The highest BCUT2D eigenvalue weighted by Gasteiger charge is 2.07. The molecule has 2 aromatic rings. The molecule has 0 atom stereocenters. The summed E-state index contributed by atoms with van der Waals surface area (Å²) in [6.45, 7) is 0.998. The van der Waals surface area contributed by atoms with Crippen LogP contribution in [0.2, 0.25) is 0 Å². The Balaban J connectivity index is 2.14. The van der Waals surface area contributed by atoms with E-state index in [2.05, 4.69) is 20.9 Å². The zero-order chi connectivity index (χ0) is 11.4. The molecule has 1 aromatic heterocycles. The molecule has 2 rings (SSSR count). The van der Waals surface area contributed by atoms with E-state index in [1.165, 1.54) is 0 Å². The number of rotatable bonds is 4. The summed E-state index contributed by atoms with van der Waals surface area (Å²) in [7, 11) is 0. The molecule has 1 heterocycles. The summed E-state index contributed by atoms with van der Waals surface area (Å²) in [5.74, 6) is 0.818. The third kappa shape index (κ3) is 2.61. The second-order valence-corrected chi connectivity index (χ2v) is 5.01. The van der Waals surface area contributed by atoms with Crippen molar-refractivity contribution in [3.63, 3.8) is 0 Å². The summed E-state index contributed by atoms with van der Waals surface area (Å²) < 4.78 is 6.68. The van der Waals surface area contributed by atoms with Gasteiger partial charge in [-0.2, -0.15) is 0 Å². The molecule has 0 fully saturated rings. The number of nitrogens with zero attached hydrogens (tertiary/aromatic N) is 1.